The smallest absolute Gasteiger partial charge is 0.0985 e. The maximum atomic E-state index is 5.89. The van der Waals surface area contributed by atoms with Gasteiger partial charge in [0.2, 0.25) is 0 Å². The molecule has 0 heterocycles. The highest BCUT2D eigenvalue weighted by atomic mass is 16.5. The molecule has 0 spiro atoms. The summed E-state index contributed by atoms with van der Waals surface area (Å²) in [4.78, 5) is 0. The molecule has 0 N–H and O–H groups in total. The summed E-state index contributed by atoms with van der Waals surface area (Å²) in [6.45, 7) is 4.48. The summed E-state index contributed by atoms with van der Waals surface area (Å²) in [6, 6.07) is 0. The Labute approximate surface area is 86.8 Å². The molecular formula is C13H20O. The van der Waals surface area contributed by atoms with E-state index in [4.69, 9.17) is 4.74 Å². The summed E-state index contributed by atoms with van der Waals surface area (Å²) in [6.07, 6.45) is 11.2. The van der Waals surface area contributed by atoms with Gasteiger partial charge in [0.15, 0.2) is 0 Å². The van der Waals surface area contributed by atoms with Gasteiger partial charge in [0.05, 0.1) is 11.9 Å². The van der Waals surface area contributed by atoms with E-state index in [0.717, 1.165) is 12.8 Å². The van der Waals surface area contributed by atoms with E-state index in [1.54, 1.807) is 0 Å². The van der Waals surface area contributed by atoms with Gasteiger partial charge in [0.1, 0.15) is 0 Å². The van der Waals surface area contributed by atoms with Crippen LogP contribution in [0.5, 0.6) is 0 Å². The van der Waals surface area contributed by atoms with Crippen LogP contribution in [0.2, 0.25) is 0 Å². The summed E-state index contributed by atoms with van der Waals surface area (Å²) < 4.78 is 5.89. The lowest BCUT2D eigenvalue weighted by Crippen LogP contribution is -2.07. The zero-order valence-electron chi connectivity index (χ0n) is 9.25. The van der Waals surface area contributed by atoms with Crippen LogP contribution in [-0.4, -0.2) is 6.10 Å². The third kappa shape index (κ3) is 2.40. The van der Waals surface area contributed by atoms with Gasteiger partial charge in [-0.1, -0.05) is 19.9 Å². The maximum absolute atomic E-state index is 5.89. The van der Waals surface area contributed by atoms with Crippen molar-refractivity contribution >= 4 is 0 Å². The van der Waals surface area contributed by atoms with Crippen molar-refractivity contribution < 1.29 is 4.74 Å². The highest BCUT2D eigenvalue weighted by Gasteiger charge is 2.26. The fourth-order valence-electron chi connectivity index (χ4n) is 1.90. The molecule has 2 aliphatic rings. The first-order valence-corrected chi connectivity index (χ1v) is 5.89. The van der Waals surface area contributed by atoms with Crippen LogP contribution in [-0.2, 0) is 4.74 Å². The molecule has 78 valence electrons. The van der Waals surface area contributed by atoms with Crippen molar-refractivity contribution in [3.05, 3.63) is 23.5 Å². The second kappa shape index (κ2) is 4.20. The van der Waals surface area contributed by atoms with E-state index >= 15 is 0 Å². The molecule has 0 saturated heterocycles. The van der Waals surface area contributed by atoms with Crippen LogP contribution in [0.1, 0.15) is 46.0 Å². The molecule has 0 aromatic carbocycles. The third-order valence-electron chi connectivity index (χ3n) is 3.03. The molecule has 0 radical (unpaired) electrons. The van der Waals surface area contributed by atoms with E-state index in [1.807, 2.05) is 0 Å². The molecule has 1 heteroatoms. The normalized spacial score (nSPS) is 26.9. The number of rotatable bonds is 4. The van der Waals surface area contributed by atoms with Crippen LogP contribution >= 0.6 is 0 Å². The van der Waals surface area contributed by atoms with Gasteiger partial charge in [-0.2, -0.15) is 0 Å². The number of allylic oxidation sites excluding steroid dienone is 4. The van der Waals surface area contributed by atoms with Crippen molar-refractivity contribution in [2.45, 2.75) is 52.1 Å². The lowest BCUT2D eigenvalue weighted by atomic mass is 9.92. The molecule has 1 fully saturated rings. The van der Waals surface area contributed by atoms with E-state index in [2.05, 4.69) is 26.0 Å². The molecule has 0 aromatic rings. The molecule has 0 aromatic heterocycles. The number of hydrogen-bond acceptors (Lipinski definition) is 1. The minimum absolute atomic E-state index is 0.551. The van der Waals surface area contributed by atoms with Gasteiger partial charge in [-0.25, -0.2) is 0 Å². The highest BCUT2D eigenvalue weighted by molar-refractivity contribution is 5.26. The Morgan fingerprint density at radius 3 is 2.71 bits per heavy atom. The van der Waals surface area contributed by atoms with Crippen LogP contribution in [0.25, 0.3) is 0 Å². The molecular weight excluding hydrogens is 172 g/mol. The van der Waals surface area contributed by atoms with E-state index in [9.17, 15) is 0 Å². The van der Waals surface area contributed by atoms with Crippen LogP contribution in [0.15, 0.2) is 23.5 Å². The van der Waals surface area contributed by atoms with Crippen molar-refractivity contribution in [3.63, 3.8) is 0 Å². The Bertz CT molecular complexity index is 258. The van der Waals surface area contributed by atoms with Gasteiger partial charge >= 0.3 is 0 Å². The summed E-state index contributed by atoms with van der Waals surface area (Å²) in [5.74, 6) is 1.95. The first-order chi connectivity index (χ1) is 6.81. The first kappa shape index (κ1) is 9.82. The van der Waals surface area contributed by atoms with E-state index in [1.165, 1.54) is 30.6 Å². The van der Waals surface area contributed by atoms with Crippen LogP contribution in [0.3, 0.4) is 0 Å². The van der Waals surface area contributed by atoms with Crippen molar-refractivity contribution in [2.24, 2.45) is 5.92 Å². The zero-order valence-corrected chi connectivity index (χ0v) is 9.25. The van der Waals surface area contributed by atoms with Gasteiger partial charge in [-0.3, -0.25) is 0 Å². The number of hydrogen-bond donors (Lipinski definition) is 0. The Hall–Kier alpha value is -0.720. The molecule has 0 aliphatic heterocycles. The Kier molecular flexibility index (Phi) is 2.95. The Morgan fingerprint density at radius 1 is 1.36 bits per heavy atom. The summed E-state index contributed by atoms with van der Waals surface area (Å²) in [5.41, 5.74) is 1.46. The second-order valence-electron chi connectivity index (χ2n) is 4.40. The average molecular weight is 192 g/mol. The van der Waals surface area contributed by atoms with Gasteiger partial charge < -0.3 is 4.74 Å². The molecule has 1 saturated carbocycles. The molecule has 14 heavy (non-hydrogen) atoms. The molecule has 1 nitrogen and oxygen atoms in total. The van der Waals surface area contributed by atoms with Crippen LogP contribution in [0, 0.1) is 5.92 Å². The van der Waals surface area contributed by atoms with Crippen molar-refractivity contribution in [1.82, 2.24) is 0 Å². The number of ether oxygens (including phenoxy) is 1. The molecule has 1 unspecified atom stereocenters. The first-order valence-electron chi connectivity index (χ1n) is 5.89. The average Bonchev–Trinajstić information content (AvgIpc) is 3.01. The van der Waals surface area contributed by atoms with E-state index in [-0.39, 0.29) is 0 Å². The van der Waals surface area contributed by atoms with Gasteiger partial charge in [-0.15, -0.1) is 0 Å². The third-order valence-corrected chi connectivity index (χ3v) is 3.03. The predicted octanol–water partition coefficient (Wildman–Crippen LogP) is 3.82. The fourth-order valence-corrected chi connectivity index (χ4v) is 1.90. The predicted molar refractivity (Wildman–Crippen MR) is 59.0 cm³/mol. The summed E-state index contributed by atoms with van der Waals surface area (Å²) in [5, 5.41) is 0. The van der Waals surface area contributed by atoms with Gasteiger partial charge in [-0.05, 0) is 43.3 Å². The van der Waals surface area contributed by atoms with Gasteiger partial charge in [0, 0.05) is 6.42 Å². The quantitative estimate of drug-likeness (QED) is 0.658. The minimum Gasteiger partial charge on any atom is -0.495 e. The van der Waals surface area contributed by atoms with Crippen LogP contribution < -0.4 is 0 Å². The van der Waals surface area contributed by atoms with Gasteiger partial charge in [0.25, 0.3) is 0 Å². The Balaban J connectivity index is 2.00. The zero-order chi connectivity index (χ0) is 9.97. The van der Waals surface area contributed by atoms with E-state index < -0.39 is 0 Å². The SMILES string of the molecule is CCC1=CC(CC)CC(OC2CC2)=C1. The van der Waals surface area contributed by atoms with Crippen LogP contribution in [0.4, 0.5) is 0 Å². The minimum atomic E-state index is 0.551. The fraction of sp³-hybridized carbons (Fsp3) is 0.692. The van der Waals surface area contributed by atoms with Crippen molar-refractivity contribution in [2.75, 3.05) is 0 Å². The second-order valence-corrected chi connectivity index (χ2v) is 4.40. The lowest BCUT2D eigenvalue weighted by molar-refractivity contribution is 0.178. The monoisotopic (exact) mass is 192 g/mol. The maximum Gasteiger partial charge on any atom is 0.0985 e. The molecule has 2 rings (SSSR count). The highest BCUT2D eigenvalue weighted by Crippen LogP contribution is 2.33. The standard InChI is InChI=1S/C13H20O/c1-3-10-7-11(4-2)9-13(8-10)14-12-5-6-12/h7-8,11-12H,3-6,9H2,1-2H3. The van der Waals surface area contributed by atoms with Crippen molar-refractivity contribution in [1.29, 1.82) is 0 Å². The summed E-state index contributed by atoms with van der Waals surface area (Å²) in [7, 11) is 0. The Morgan fingerprint density at radius 2 is 2.14 bits per heavy atom. The van der Waals surface area contributed by atoms with Crippen molar-refractivity contribution in [3.8, 4) is 0 Å². The molecule has 0 amide bonds. The lowest BCUT2D eigenvalue weighted by Gasteiger charge is -2.20. The largest absolute Gasteiger partial charge is 0.495 e. The van der Waals surface area contributed by atoms with E-state index in [0.29, 0.717) is 12.0 Å². The molecule has 2 aliphatic carbocycles. The summed E-state index contributed by atoms with van der Waals surface area (Å²) >= 11 is 0. The topological polar surface area (TPSA) is 9.23 Å². The molecule has 0 bridgehead atoms. The molecule has 1 atom stereocenters.